The molecule has 0 aromatic rings. The van der Waals surface area contributed by atoms with Crippen LogP contribution >= 0.6 is 0 Å². The lowest BCUT2D eigenvalue weighted by atomic mass is 9.44. The van der Waals surface area contributed by atoms with Crippen LogP contribution in [0.4, 0.5) is 0 Å². The summed E-state index contributed by atoms with van der Waals surface area (Å²) >= 11 is 0. The molecule has 0 heterocycles. The Morgan fingerprint density at radius 1 is 0.565 bits per heavy atom. The fourth-order valence-electron chi connectivity index (χ4n) is 12.6. The van der Waals surface area contributed by atoms with E-state index in [2.05, 4.69) is 20.8 Å². The van der Waals surface area contributed by atoms with Gasteiger partial charge in [0.2, 0.25) is 5.91 Å². The highest BCUT2D eigenvalue weighted by Crippen LogP contribution is 2.68. The molecule has 4 aliphatic rings. The summed E-state index contributed by atoms with van der Waals surface area (Å²) in [5, 5.41) is 67.1. The van der Waals surface area contributed by atoms with E-state index in [-0.39, 0.29) is 68.2 Å². The van der Waals surface area contributed by atoms with Crippen molar-refractivity contribution in [2.75, 3.05) is 58.9 Å². The third-order valence-electron chi connectivity index (χ3n) is 15.5. The van der Waals surface area contributed by atoms with E-state index in [0.717, 1.165) is 54.7 Å². The zero-order valence-electron chi connectivity index (χ0n) is 36.4. The number of hydrogen-bond acceptors (Lipinski definition) is 11. The molecule has 10 atom stereocenters. The summed E-state index contributed by atoms with van der Waals surface area (Å²) in [6.07, 6.45) is 8.64. The van der Waals surface area contributed by atoms with Crippen LogP contribution in [0.2, 0.25) is 0 Å². The van der Waals surface area contributed by atoms with E-state index in [9.17, 15) is 74.1 Å². The summed E-state index contributed by atoms with van der Waals surface area (Å²) in [6, 6.07) is -1.82. The molecule has 0 saturated heterocycles. The molecular formula is C43H68N4O15. The fraction of sp³-hybridized carbons (Fsp3) is 0.814. The zero-order valence-corrected chi connectivity index (χ0v) is 36.4. The number of amides is 1. The second-order valence-electron chi connectivity index (χ2n) is 19.1. The molecule has 4 rings (SSSR count). The molecule has 19 heteroatoms. The lowest BCUT2D eigenvalue weighted by Crippen LogP contribution is -2.56. The molecule has 0 radical (unpaired) electrons. The second-order valence-corrected chi connectivity index (χ2v) is 19.1. The van der Waals surface area contributed by atoms with E-state index in [1.165, 1.54) is 9.80 Å². The molecule has 19 nitrogen and oxygen atoms in total. The normalized spacial score (nSPS) is 28.9. The van der Waals surface area contributed by atoms with Crippen molar-refractivity contribution in [1.29, 1.82) is 0 Å². The largest absolute Gasteiger partial charge is 0.481 e. The smallest absolute Gasteiger partial charge is 0.323 e. The highest BCUT2D eigenvalue weighted by molar-refractivity contribution is 5.82. The molecular weight excluding hydrogens is 812 g/mol. The zero-order chi connectivity index (χ0) is 46.1. The maximum atomic E-state index is 14.1. The van der Waals surface area contributed by atoms with Crippen molar-refractivity contribution in [2.45, 2.75) is 116 Å². The molecule has 0 aromatic heterocycles. The summed E-state index contributed by atoms with van der Waals surface area (Å²) < 4.78 is 0. The van der Waals surface area contributed by atoms with Gasteiger partial charge in [-0.25, -0.2) is 0 Å². The Morgan fingerprint density at radius 3 is 1.58 bits per heavy atom. The lowest BCUT2D eigenvalue weighted by Gasteiger charge is -2.62. The molecule has 62 heavy (non-hydrogen) atoms. The highest BCUT2D eigenvalue weighted by Gasteiger charge is 2.61. The minimum atomic E-state index is -1.43. The summed E-state index contributed by atoms with van der Waals surface area (Å²) in [7, 11) is 0. The summed E-state index contributed by atoms with van der Waals surface area (Å²) in [6.45, 7) is 2.79. The van der Waals surface area contributed by atoms with Gasteiger partial charge < -0.3 is 40.6 Å². The maximum absolute atomic E-state index is 14.1. The molecule has 4 saturated carbocycles. The van der Waals surface area contributed by atoms with Crippen LogP contribution < -0.4 is 0 Å². The molecule has 0 bridgehead atoms. The van der Waals surface area contributed by atoms with Crippen LogP contribution in [0.15, 0.2) is 0 Å². The summed E-state index contributed by atoms with van der Waals surface area (Å²) in [5.74, 6) is -6.51. The number of rotatable bonds is 26. The van der Waals surface area contributed by atoms with Gasteiger partial charge in [-0.05, 0) is 117 Å². The van der Waals surface area contributed by atoms with E-state index >= 15 is 0 Å². The van der Waals surface area contributed by atoms with Gasteiger partial charge in [0.05, 0.1) is 26.2 Å². The standard InChI is InChI=1S/C43H68N4O15/c1-26(4-11-35(49)50)30-7-8-31-29-6-5-27-20-28(12-14-42(27,2)32(29)13-15-43(30,31)3)47(25-40(59)60)34(48)10-9-33(41(61)62)46(18-16-44(21-36(51)52)22-37(53)54)19-17-45(23-38(55)56)24-39(57)58/h26-33H,4-25H2,1-3H3,(H,49,50)(H,51,52)(H,53,54)(H,55,56)(H,57,58)(H,59,60)(H,61,62)/t26?,27-,28+,29?,30-,31?,32?,33+,42+,43-/m1/s1. The Bertz CT molecular complexity index is 1590. The molecule has 4 fully saturated rings. The van der Waals surface area contributed by atoms with E-state index in [1.54, 1.807) is 0 Å². The van der Waals surface area contributed by atoms with Crippen molar-refractivity contribution >= 4 is 47.7 Å². The number of aliphatic carboxylic acids is 7. The predicted octanol–water partition coefficient (Wildman–Crippen LogP) is 2.91. The predicted molar refractivity (Wildman–Crippen MR) is 220 cm³/mol. The minimum absolute atomic E-state index is 0.00488. The van der Waals surface area contributed by atoms with Crippen molar-refractivity contribution in [2.24, 2.45) is 46.3 Å². The van der Waals surface area contributed by atoms with Crippen molar-refractivity contribution in [3.05, 3.63) is 0 Å². The highest BCUT2D eigenvalue weighted by atomic mass is 16.4. The quantitative estimate of drug-likeness (QED) is 0.0657. The number of carboxylic acid groups (broad SMARTS) is 7. The molecule has 7 N–H and O–H groups in total. The first kappa shape index (κ1) is 50.3. The third-order valence-corrected chi connectivity index (χ3v) is 15.5. The van der Waals surface area contributed by atoms with Crippen molar-refractivity contribution in [1.82, 2.24) is 19.6 Å². The number of carboxylic acids is 7. The van der Waals surface area contributed by atoms with Crippen LogP contribution in [0.1, 0.15) is 104 Å². The first-order valence-corrected chi connectivity index (χ1v) is 22.1. The van der Waals surface area contributed by atoms with Gasteiger partial charge in [0, 0.05) is 45.1 Å². The van der Waals surface area contributed by atoms with Crippen LogP contribution in [0.25, 0.3) is 0 Å². The Hall–Kier alpha value is -4.36. The third kappa shape index (κ3) is 12.9. The summed E-state index contributed by atoms with van der Waals surface area (Å²) in [5.41, 5.74) is 0.172. The van der Waals surface area contributed by atoms with Gasteiger partial charge in [0.15, 0.2) is 0 Å². The Balaban J connectivity index is 1.48. The number of hydrogen-bond donors (Lipinski definition) is 7. The number of fused-ring (bicyclic) bond motifs is 5. The molecule has 1 amide bonds. The SMILES string of the molecule is CC(CCC(=O)O)[C@H]1CCC2C3CC[C@@H]4C[C@@H](N(CC(=O)O)C(=O)CC[C@@H](C(=O)O)N(CCN(CC(=O)O)CC(=O)O)CCN(CC(=O)O)CC(=O)O)CC[C@]4(C)C3CC[C@@]21C. The van der Waals surface area contributed by atoms with E-state index in [4.69, 9.17) is 0 Å². The molecule has 0 spiro atoms. The van der Waals surface area contributed by atoms with Crippen LogP contribution in [-0.2, 0) is 38.4 Å². The average Bonchev–Trinajstić information content (AvgIpc) is 3.52. The van der Waals surface area contributed by atoms with Gasteiger partial charge in [-0.2, -0.15) is 0 Å². The molecule has 350 valence electrons. The van der Waals surface area contributed by atoms with Crippen molar-refractivity contribution in [3.63, 3.8) is 0 Å². The first-order valence-electron chi connectivity index (χ1n) is 22.1. The van der Waals surface area contributed by atoms with E-state index < -0.39 is 86.5 Å². The van der Waals surface area contributed by atoms with Gasteiger partial charge >= 0.3 is 41.8 Å². The van der Waals surface area contributed by atoms with Gasteiger partial charge in [0.25, 0.3) is 0 Å². The Labute approximate surface area is 362 Å². The first-order chi connectivity index (χ1) is 29.0. The van der Waals surface area contributed by atoms with Gasteiger partial charge in [0.1, 0.15) is 12.6 Å². The Kier molecular flexibility index (Phi) is 17.7. The van der Waals surface area contributed by atoms with Crippen molar-refractivity contribution in [3.8, 4) is 0 Å². The molecule has 0 aliphatic heterocycles. The monoisotopic (exact) mass is 880 g/mol. The van der Waals surface area contributed by atoms with Crippen molar-refractivity contribution < 1.29 is 74.1 Å². The number of carbonyl (C=O) groups is 8. The van der Waals surface area contributed by atoms with Gasteiger partial charge in [-0.3, -0.25) is 53.1 Å². The molecule has 4 unspecified atom stereocenters. The molecule has 4 aliphatic carbocycles. The fourth-order valence-corrected chi connectivity index (χ4v) is 12.6. The topological polar surface area (TPSA) is 291 Å². The number of nitrogens with zero attached hydrogens (tertiary/aromatic N) is 4. The maximum Gasteiger partial charge on any atom is 0.323 e. The van der Waals surface area contributed by atoms with Crippen LogP contribution in [0.5, 0.6) is 0 Å². The van der Waals surface area contributed by atoms with Gasteiger partial charge in [-0.1, -0.05) is 20.8 Å². The van der Waals surface area contributed by atoms with E-state index in [1.807, 2.05) is 0 Å². The molecule has 0 aromatic carbocycles. The van der Waals surface area contributed by atoms with Crippen LogP contribution in [-0.4, -0.2) is 174 Å². The van der Waals surface area contributed by atoms with Crippen LogP contribution in [0, 0.1) is 46.3 Å². The second kappa shape index (κ2) is 21.8. The lowest BCUT2D eigenvalue weighted by molar-refractivity contribution is -0.153. The van der Waals surface area contributed by atoms with Gasteiger partial charge in [-0.15, -0.1) is 0 Å². The number of carbonyl (C=O) groups excluding carboxylic acids is 1. The minimum Gasteiger partial charge on any atom is -0.481 e. The summed E-state index contributed by atoms with van der Waals surface area (Å²) in [4.78, 5) is 101. The Morgan fingerprint density at radius 2 is 1.08 bits per heavy atom. The van der Waals surface area contributed by atoms with E-state index in [0.29, 0.717) is 48.9 Å². The average molecular weight is 881 g/mol. The van der Waals surface area contributed by atoms with Crippen LogP contribution in [0.3, 0.4) is 0 Å².